The van der Waals surface area contributed by atoms with Crippen molar-refractivity contribution in [3.8, 4) is 11.4 Å². The van der Waals surface area contributed by atoms with Gasteiger partial charge in [0, 0.05) is 28.6 Å². The van der Waals surface area contributed by atoms with Crippen LogP contribution in [-0.2, 0) is 0 Å². The first-order valence-corrected chi connectivity index (χ1v) is 7.99. The molecule has 3 rings (SSSR count). The quantitative estimate of drug-likeness (QED) is 0.769. The van der Waals surface area contributed by atoms with Crippen LogP contribution in [0.3, 0.4) is 0 Å². The number of H-pyrrole nitrogens is 1. The Morgan fingerprint density at radius 3 is 2.60 bits per heavy atom. The summed E-state index contributed by atoms with van der Waals surface area (Å²) in [5.74, 6) is 0.317. The third kappa shape index (κ3) is 3.83. The number of hydrogen-bond donors (Lipinski definition) is 2. The summed E-state index contributed by atoms with van der Waals surface area (Å²) in [5.41, 5.74) is 4.42. The number of nitrogens with zero attached hydrogens (tertiary/aromatic N) is 1. The number of benzene rings is 2. The molecule has 1 heterocycles. The van der Waals surface area contributed by atoms with E-state index in [2.05, 4.69) is 15.3 Å². The molecule has 0 aliphatic heterocycles. The van der Waals surface area contributed by atoms with Crippen LogP contribution in [0.25, 0.3) is 11.4 Å². The van der Waals surface area contributed by atoms with Gasteiger partial charge in [-0.2, -0.15) is 0 Å². The third-order valence-corrected chi connectivity index (χ3v) is 3.90. The van der Waals surface area contributed by atoms with Crippen molar-refractivity contribution in [2.45, 2.75) is 20.8 Å². The van der Waals surface area contributed by atoms with Crippen molar-refractivity contribution >= 4 is 11.6 Å². The lowest BCUT2D eigenvalue weighted by atomic mass is 10.0. The Morgan fingerprint density at radius 1 is 1.04 bits per heavy atom. The number of hydrogen-bond acceptors (Lipinski definition) is 3. The number of carbonyl (C=O) groups is 1. The summed E-state index contributed by atoms with van der Waals surface area (Å²) < 4.78 is 0. The lowest BCUT2D eigenvalue weighted by molar-refractivity contribution is 0.102. The molecule has 2 aromatic carbocycles. The standard InChI is InChI=1S/C20H19N3O2/c1-12-7-8-13(2)17(9-12)20(25)22-16-6-4-5-15(11-16)19-21-14(3)10-18(24)23-19/h4-11H,1-3H3,(H,22,25)(H,21,23,24). The Hall–Kier alpha value is -3.21. The number of aromatic amines is 1. The van der Waals surface area contributed by atoms with Gasteiger partial charge < -0.3 is 10.3 Å². The van der Waals surface area contributed by atoms with Crippen molar-refractivity contribution in [2.75, 3.05) is 5.32 Å². The molecule has 2 N–H and O–H groups in total. The van der Waals surface area contributed by atoms with Crippen LogP contribution >= 0.6 is 0 Å². The normalized spacial score (nSPS) is 10.5. The van der Waals surface area contributed by atoms with Gasteiger partial charge in [0.1, 0.15) is 5.82 Å². The number of amides is 1. The van der Waals surface area contributed by atoms with E-state index in [9.17, 15) is 9.59 Å². The molecule has 0 bridgehead atoms. The fourth-order valence-electron chi connectivity index (χ4n) is 2.64. The fourth-order valence-corrected chi connectivity index (χ4v) is 2.64. The zero-order valence-corrected chi connectivity index (χ0v) is 14.4. The lowest BCUT2D eigenvalue weighted by Crippen LogP contribution is -2.14. The third-order valence-electron chi connectivity index (χ3n) is 3.90. The Bertz CT molecular complexity index is 1010. The van der Waals surface area contributed by atoms with E-state index in [0.717, 1.165) is 16.7 Å². The van der Waals surface area contributed by atoms with Crippen LogP contribution in [0.5, 0.6) is 0 Å². The molecule has 0 fully saturated rings. The molecule has 0 radical (unpaired) electrons. The molecule has 25 heavy (non-hydrogen) atoms. The van der Waals surface area contributed by atoms with Gasteiger partial charge in [-0.3, -0.25) is 9.59 Å². The van der Waals surface area contributed by atoms with E-state index in [-0.39, 0.29) is 11.5 Å². The van der Waals surface area contributed by atoms with Crippen molar-refractivity contribution in [3.05, 3.63) is 81.3 Å². The summed E-state index contributed by atoms with van der Waals surface area (Å²) in [6.07, 6.45) is 0. The maximum absolute atomic E-state index is 12.6. The molecule has 0 saturated carbocycles. The molecule has 5 heteroatoms. The van der Waals surface area contributed by atoms with E-state index < -0.39 is 0 Å². The highest BCUT2D eigenvalue weighted by Crippen LogP contribution is 2.20. The topological polar surface area (TPSA) is 74.8 Å². The highest BCUT2D eigenvalue weighted by atomic mass is 16.1. The minimum absolute atomic E-state index is 0.163. The average Bonchev–Trinajstić information content (AvgIpc) is 2.56. The highest BCUT2D eigenvalue weighted by Gasteiger charge is 2.10. The minimum Gasteiger partial charge on any atom is -0.322 e. The highest BCUT2D eigenvalue weighted by molar-refractivity contribution is 6.05. The zero-order valence-electron chi connectivity index (χ0n) is 14.4. The predicted molar refractivity (Wildman–Crippen MR) is 98.9 cm³/mol. The zero-order chi connectivity index (χ0) is 18.0. The van der Waals surface area contributed by atoms with Gasteiger partial charge in [0.05, 0.1) is 0 Å². The van der Waals surface area contributed by atoms with Crippen LogP contribution < -0.4 is 10.9 Å². The molecule has 0 spiro atoms. The smallest absolute Gasteiger partial charge is 0.255 e. The Kier molecular flexibility index (Phi) is 4.48. The summed E-state index contributed by atoms with van der Waals surface area (Å²) >= 11 is 0. The molecule has 126 valence electrons. The van der Waals surface area contributed by atoms with Crippen LogP contribution in [0.2, 0.25) is 0 Å². The lowest BCUT2D eigenvalue weighted by Gasteiger charge is -2.10. The Labute approximate surface area is 145 Å². The first kappa shape index (κ1) is 16.6. The van der Waals surface area contributed by atoms with Gasteiger partial charge in [0.15, 0.2) is 0 Å². The van der Waals surface area contributed by atoms with Crippen LogP contribution in [0.1, 0.15) is 27.2 Å². The van der Waals surface area contributed by atoms with E-state index in [1.165, 1.54) is 6.07 Å². The maximum atomic E-state index is 12.6. The fraction of sp³-hybridized carbons (Fsp3) is 0.150. The molecule has 5 nitrogen and oxygen atoms in total. The number of aromatic nitrogens is 2. The molecule has 0 aliphatic carbocycles. The van der Waals surface area contributed by atoms with Crippen molar-refractivity contribution < 1.29 is 4.79 Å². The van der Waals surface area contributed by atoms with Gasteiger partial charge in [-0.15, -0.1) is 0 Å². The predicted octanol–water partition coefficient (Wildman–Crippen LogP) is 3.61. The molecule has 3 aromatic rings. The molecular formula is C20H19N3O2. The second-order valence-corrected chi connectivity index (χ2v) is 6.09. The van der Waals surface area contributed by atoms with E-state index in [0.29, 0.717) is 22.8 Å². The van der Waals surface area contributed by atoms with Gasteiger partial charge in [0.2, 0.25) is 0 Å². The van der Waals surface area contributed by atoms with Gasteiger partial charge in [-0.1, -0.05) is 29.8 Å². The van der Waals surface area contributed by atoms with E-state index in [4.69, 9.17) is 0 Å². The second kappa shape index (κ2) is 6.73. The van der Waals surface area contributed by atoms with E-state index in [1.54, 1.807) is 19.1 Å². The first-order chi connectivity index (χ1) is 11.9. The van der Waals surface area contributed by atoms with Crippen molar-refractivity contribution in [2.24, 2.45) is 0 Å². The number of nitrogens with one attached hydrogen (secondary N) is 2. The summed E-state index contributed by atoms with van der Waals surface area (Å²) in [6.45, 7) is 5.63. The van der Waals surface area contributed by atoms with Gasteiger partial charge >= 0.3 is 0 Å². The summed E-state index contributed by atoms with van der Waals surface area (Å²) in [6, 6.07) is 14.5. The van der Waals surface area contributed by atoms with Crippen LogP contribution in [0.4, 0.5) is 5.69 Å². The van der Waals surface area contributed by atoms with Gasteiger partial charge in [-0.05, 0) is 44.5 Å². The van der Waals surface area contributed by atoms with E-state index >= 15 is 0 Å². The number of carbonyl (C=O) groups excluding carboxylic acids is 1. The van der Waals surface area contributed by atoms with Crippen LogP contribution in [0.15, 0.2) is 53.3 Å². The maximum Gasteiger partial charge on any atom is 0.255 e. The van der Waals surface area contributed by atoms with Crippen molar-refractivity contribution in [1.82, 2.24) is 9.97 Å². The molecule has 1 aromatic heterocycles. The van der Waals surface area contributed by atoms with Crippen molar-refractivity contribution in [1.29, 1.82) is 0 Å². The Balaban J connectivity index is 1.90. The average molecular weight is 333 g/mol. The molecule has 0 unspecified atom stereocenters. The largest absolute Gasteiger partial charge is 0.322 e. The first-order valence-electron chi connectivity index (χ1n) is 7.99. The van der Waals surface area contributed by atoms with Gasteiger partial charge in [0.25, 0.3) is 11.5 Å². The molecule has 0 aliphatic rings. The summed E-state index contributed by atoms with van der Waals surface area (Å²) in [7, 11) is 0. The number of rotatable bonds is 3. The van der Waals surface area contributed by atoms with Crippen LogP contribution in [-0.4, -0.2) is 15.9 Å². The van der Waals surface area contributed by atoms with Crippen molar-refractivity contribution in [3.63, 3.8) is 0 Å². The van der Waals surface area contributed by atoms with Crippen LogP contribution in [0, 0.1) is 20.8 Å². The number of aryl methyl sites for hydroxylation is 3. The second-order valence-electron chi connectivity index (χ2n) is 6.09. The summed E-state index contributed by atoms with van der Waals surface area (Å²) in [5, 5.41) is 2.91. The molecular weight excluding hydrogens is 314 g/mol. The molecule has 1 amide bonds. The summed E-state index contributed by atoms with van der Waals surface area (Å²) in [4.78, 5) is 31.2. The van der Waals surface area contributed by atoms with E-state index in [1.807, 2.05) is 44.2 Å². The minimum atomic E-state index is -0.202. The monoisotopic (exact) mass is 333 g/mol. The molecule has 0 atom stereocenters. The Morgan fingerprint density at radius 2 is 1.84 bits per heavy atom. The molecule has 0 saturated heterocycles. The SMILES string of the molecule is Cc1ccc(C)c(C(=O)Nc2cccc(-c3nc(C)cc(=O)[nH]3)c2)c1. The number of anilines is 1. The van der Waals surface area contributed by atoms with Gasteiger partial charge in [-0.25, -0.2) is 4.98 Å².